The van der Waals surface area contributed by atoms with Crippen molar-refractivity contribution in [3.05, 3.63) is 53.7 Å². The van der Waals surface area contributed by atoms with E-state index in [1.807, 2.05) is 24.3 Å². The molecule has 0 saturated heterocycles. The van der Waals surface area contributed by atoms with Crippen molar-refractivity contribution in [2.24, 2.45) is 0 Å². The normalized spacial score (nSPS) is 12.1. The van der Waals surface area contributed by atoms with Gasteiger partial charge in [0.1, 0.15) is 11.6 Å². The molecule has 1 heterocycles. The van der Waals surface area contributed by atoms with Crippen molar-refractivity contribution in [1.29, 1.82) is 0 Å². The third-order valence-corrected chi connectivity index (χ3v) is 3.23. The van der Waals surface area contributed by atoms with Gasteiger partial charge in [0.2, 0.25) is 0 Å². The third kappa shape index (κ3) is 3.71. The molecule has 0 aliphatic heterocycles. The number of ether oxygens (including phenoxy) is 1. The van der Waals surface area contributed by atoms with Crippen LogP contribution in [0.2, 0.25) is 0 Å². The van der Waals surface area contributed by atoms with E-state index in [2.05, 4.69) is 29.4 Å². The fraction of sp³-hybridized carbons (Fsp3) is 0.312. The van der Waals surface area contributed by atoms with Gasteiger partial charge >= 0.3 is 0 Å². The smallest absolute Gasteiger partial charge is 0.123 e. The second-order valence-corrected chi connectivity index (χ2v) is 4.68. The molecule has 1 atom stereocenters. The van der Waals surface area contributed by atoms with Gasteiger partial charge in [-0.3, -0.25) is 0 Å². The highest BCUT2D eigenvalue weighted by molar-refractivity contribution is 5.35. The van der Waals surface area contributed by atoms with E-state index in [1.54, 1.807) is 13.3 Å². The zero-order chi connectivity index (χ0) is 14.4. The van der Waals surface area contributed by atoms with Crippen LogP contribution in [-0.2, 0) is 6.42 Å². The SMILES string of the molecule is CCNC(Cc1ccnc(N)c1)c1cccc(OC)c1. The van der Waals surface area contributed by atoms with Crippen molar-refractivity contribution in [2.75, 3.05) is 19.4 Å². The number of likely N-dealkylation sites (N-methyl/N-ethyl adjacent to an activating group) is 1. The van der Waals surface area contributed by atoms with Crippen LogP contribution in [0.4, 0.5) is 5.82 Å². The summed E-state index contributed by atoms with van der Waals surface area (Å²) in [6.45, 7) is 3.01. The second kappa shape index (κ2) is 6.91. The zero-order valence-corrected chi connectivity index (χ0v) is 12.0. The standard InChI is InChI=1S/C16H21N3O/c1-3-18-15(9-12-7-8-19-16(17)10-12)13-5-4-6-14(11-13)20-2/h4-8,10-11,15,18H,3,9H2,1-2H3,(H2,17,19). The average molecular weight is 271 g/mol. The molecule has 20 heavy (non-hydrogen) atoms. The lowest BCUT2D eigenvalue weighted by atomic mass is 9.99. The van der Waals surface area contributed by atoms with Crippen LogP contribution in [0.5, 0.6) is 5.75 Å². The van der Waals surface area contributed by atoms with Crippen molar-refractivity contribution in [1.82, 2.24) is 10.3 Å². The highest BCUT2D eigenvalue weighted by Crippen LogP contribution is 2.22. The van der Waals surface area contributed by atoms with Crippen molar-refractivity contribution >= 4 is 5.82 Å². The molecule has 1 aromatic heterocycles. The summed E-state index contributed by atoms with van der Waals surface area (Å²) in [5, 5.41) is 3.50. The topological polar surface area (TPSA) is 60.2 Å². The number of nitrogens with one attached hydrogen (secondary N) is 1. The first-order valence-electron chi connectivity index (χ1n) is 6.80. The van der Waals surface area contributed by atoms with Crippen LogP contribution < -0.4 is 15.8 Å². The van der Waals surface area contributed by atoms with Gasteiger partial charge in [-0.15, -0.1) is 0 Å². The number of aromatic nitrogens is 1. The number of pyridine rings is 1. The summed E-state index contributed by atoms with van der Waals surface area (Å²) in [6.07, 6.45) is 2.62. The Hall–Kier alpha value is -2.07. The average Bonchev–Trinajstić information content (AvgIpc) is 2.47. The molecule has 2 rings (SSSR count). The lowest BCUT2D eigenvalue weighted by Gasteiger charge is -2.19. The fourth-order valence-electron chi connectivity index (χ4n) is 2.27. The number of hydrogen-bond acceptors (Lipinski definition) is 4. The number of rotatable bonds is 6. The summed E-state index contributed by atoms with van der Waals surface area (Å²) < 4.78 is 5.29. The molecular formula is C16H21N3O. The molecule has 0 saturated carbocycles. The van der Waals surface area contributed by atoms with Gasteiger partial charge in [0.25, 0.3) is 0 Å². The van der Waals surface area contributed by atoms with Crippen molar-refractivity contribution in [3.63, 3.8) is 0 Å². The molecule has 0 fully saturated rings. The molecule has 0 spiro atoms. The van der Waals surface area contributed by atoms with E-state index in [1.165, 1.54) is 11.1 Å². The molecule has 2 aromatic rings. The van der Waals surface area contributed by atoms with E-state index in [4.69, 9.17) is 10.5 Å². The molecule has 0 amide bonds. The van der Waals surface area contributed by atoms with E-state index in [0.717, 1.165) is 18.7 Å². The van der Waals surface area contributed by atoms with Gasteiger partial charge in [0.15, 0.2) is 0 Å². The maximum absolute atomic E-state index is 5.74. The molecule has 4 nitrogen and oxygen atoms in total. The number of nitrogens with two attached hydrogens (primary N) is 1. The lowest BCUT2D eigenvalue weighted by Crippen LogP contribution is -2.23. The number of methoxy groups -OCH3 is 1. The zero-order valence-electron chi connectivity index (χ0n) is 12.0. The minimum absolute atomic E-state index is 0.233. The van der Waals surface area contributed by atoms with Crippen LogP contribution in [0.25, 0.3) is 0 Å². The Labute approximate surface area is 120 Å². The van der Waals surface area contributed by atoms with E-state index in [9.17, 15) is 0 Å². The quantitative estimate of drug-likeness (QED) is 0.847. The molecule has 0 aliphatic rings. The Morgan fingerprint density at radius 2 is 2.15 bits per heavy atom. The Morgan fingerprint density at radius 1 is 1.30 bits per heavy atom. The minimum atomic E-state index is 0.233. The van der Waals surface area contributed by atoms with Crippen LogP contribution in [0.3, 0.4) is 0 Å². The highest BCUT2D eigenvalue weighted by atomic mass is 16.5. The third-order valence-electron chi connectivity index (χ3n) is 3.23. The van der Waals surface area contributed by atoms with Crippen LogP contribution in [-0.4, -0.2) is 18.6 Å². The molecule has 0 bridgehead atoms. The van der Waals surface area contributed by atoms with E-state index in [-0.39, 0.29) is 6.04 Å². The maximum Gasteiger partial charge on any atom is 0.123 e. The molecule has 4 heteroatoms. The molecule has 1 unspecified atom stereocenters. The van der Waals surface area contributed by atoms with E-state index < -0.39 is 0 Å². The van der Waals surface area contributed by atoms with E-state index in [0.29, 0.717) is 5.82 Å². The van der Waals surface area contributed by atoms with Gasteiger partial charge < -0.3 is 15.8 Å². The summed E-state index contributed by atoms with van der Waals surface area (Å²) >= 11 is 0. The van der Waals surface area contributed by atoms with Crippen LogP contribution in [0.1, 0.15) is 24.1 Å². The molecule has 0 aliphatic carbocycles. The first-order chi connectivity index (χ1) is 9.72. The summed E-state index contributed by atoms with van der Waals surface area (Å²) in [6, 6.07) is 12.3. The minimum Gasteiger partial charge on any atom is -0.497 e. The first-order valence-corrected chi connectivity index (χ1v) is 6.80. The number of nitrogens with zero attached hydrogens (tertiary/aromatic N) is 1. The number of benzene rings is 1. The van der Waals surface area contributed by atoms with Gasteiger partial charge in [0.05, 0.1) is 7.11 Å². The predicted octanol–water partition coefficient (Wildman–Crippen LogP) is 2.57. The van der Waals surface area contributed by atoms with Gasteiger partial charge in [-0.05, 0) is 48.4 Å². The van der Waals surface area contributed by atoms with Gasteiger partial charge in [-0.2, -0.15) is 0 Å². The van der Waals surface area contributed by atoms with Crippen molar-refractivity contribution in [2.45, 2.75) is 19.4 Å². The molecular weight excluding hydrogens is 250 g/mol. The Balaban J connectivity index is 2.21. The van der Waals surface area contributed by atoms with E-state index >= 15 is 0 Å². The number of anilines is 1. The highest BCUT2D eigenvalue weighted by Gasteiger charge is 2.12. The lowest BCUT2D eigenvalue weighted by molar-refractivity contribution is 0.413. The summed E-state index contributed by atoms with van der Waals surface area (Å²) in [5.41, 5.74) is 8.12. The first kappa shape index (κ1) is 14.3. The molecule has 1 aromatic carbocycles. The van der Waals surface area contributed by atoms with Crippen molar-refractivity contribution in [3.8, 4) is 5.75 Å². The second-order valence-electron chi connectivity index (χ2n) is 4.68. The molecule has 0 radical (unpaired) electrons. The number of hydrogen-bond donors (Lipinski definition) is 2. The number of nitrogen functional groups attached to an aromatic ring is 1. The summed E-state index contributed by atoms with van der Waals surface area (Å²) in [7, 11) is 1.69. The van der Waals surface area contributed by atoms with Crippen LogP contribution >= 0.6 is 0 Å². The maximum atomic E-state index is 5.74. The molecule has 106 valence electrons. The van der Waals surface area contributed by atoms with Gasteiger partial charge in [-0.1, -0.05) is 19.1 Å². The van der Waals surface area contributed by atoms with Crippen molar-refractivity contribution < 1.29 is 4.74 Å². The van der Waals surface area contributed by atoms with Crippen LogP contribution in [0, 0.1) is 0 Å². The van der Waals surface area contributed by atoms with Gasteiger partial charge in [0, 0.05) is 12.2 Å². The Kier molecular flexibility index (Phi) is 4.96. The molecule has 3 N–H and O–H groups in total. The fourth-order valence-corrected chi connectivity index (χ4v) is 2.27. The monoisotopic (exact) mass is 271 g/mol. The Morgan fingerprint density at radius 3 is 2.85 bits per heavy atom. The van der Waals surface area contributed by atoms with Gasteiger partial charge in [-0.25, -0.2) is 4.98 Å². The summed E-state index contributed by atoms with van der Waals surface area (Å²) in [4.78, 5) is 4.03. The predicted molar refractivity (Wildman–Crippen MR) is 81.8 cm³/mol. The largest absolute Gasteiger partial charge is 0.497 e. The van der Waals surface area contributed by atoms with Crippen LogP contribution in [0.15, 0.2) is 42.6 Å². The summed E-state index contributed by atoms with van der Waals surface area (Å²) in [5.74, 6) is 1.43. The Bertz CT molecular complexity index is 557.